The highest BCUT2D eigenvalue weighted by Gasteiger charge is 2.19. The lowest BCUT2D eigenvalue weighted by atomic mass is 10.2. The largest absolute Gasteiger partial charge is 0.494 e. The Hall–Kier alpha value is -2.07. The summed E-state index contributed by atoms with van der Waals surface area (Å²) in [6, 6.07) is 11.9. The Balaban J connectivity index is 2.21. The minimum atomic E-state index is 0.0528. The van der Waals surface area contributed by atoms with Crippen LogP contribution in [-0.4, -0.2) is 21.6 Å². The molecule has 0 saturated carbocycles. The molecule has 0 N–H and O–H groups in total. The van der Waals surface area contributed by atoms with E-state index in [4.69, 9.17) is 16.3 Å². The van der Waals surface area contributed by atoms with E-state index < -0.39 is 0 Å². The van der Waals surface area contributed by atoms with E-state index in [1.807, 2.05) is 36.4 Å². The third-order valence-electron chi connectivity index (χ3n) is 3.60. The van der Waals surface area contributed by atoms with Crippen molar-refractivity contribution in [1.29, 1.82) is 0 Å². The Bertz CT molecular complexity index is 755. The van der Waals surface area contributed by atoms with E-state index in [0.29, 0.717) is 5.88 Å². The molecule has 5 heteroatoms. The summed E-state index contributed by atoms with van der Waals surface area (Å²) in [5.74, 6) is 1.91. The second-order valence-corrected chi connectivity index (χ2v) is 5.06. The summed E-state index contributed by atoms with van der Waals surface area (Å²) < 4.78 is 7.51. The molecular formula is C16H16ClN3O. The Labute approximate surface area is 128 Å². The molecule has 0 bridgehead atoms. The van der Waals surface area contributed by atoms with Crippen LogP contribution in [0.3, 0.4) is 0 Å². The first-order valence-electron chi connectivity index (χ1n) is 6.77. The molecule has 1 unspecified atom stereocenters. The van der Waals surface area contributed by atoms with Crippen molar-refractivity contribution < 1.29 is 4.74 Å². The van der Waals surface area contributed by atoms with Crippen molar-refractivity contribution in [3.05, 3.63) is 54.1 Å². The lowest BCUT2D eigenvalue weighted by molar-refractivity contribution is 0.419. The highest BCUT2D eigenvalue weighted by Crippen LogP contribution is 2.30. The number of benzene rings is 1. The summed E-state index contributed by atoms with van der Waals surface area (Å²) in [5.41, 5.74) is 2.81. The van der Waals surface area contributed by atoms with Gasteiger partial charge in [-0.15, -0.1) is 11.6 Å². The zero-order valence-electron chi connectivity index (χ0n) is 12.0. The third-order valence-corrected chi connectivity index (χ3v) is 3.84. The van der Waals surface area contributed by atoms with Crippen molar-refractivity contribution in [2.75, 3.05) is 7.11 Å². The van der Waals surface area contributed by atoms with Crippen molar-refractivity contribution in [3.8, 4) is 5.75 Å². The molecule has 108 valence electrons. The SMILES string of the molecule is COc1cccc2c1nc(CCl)n2C(C)c1ccccn1. The molecule has 0 aliphatic rings. The van der Waals surface area contributed by atoms with Crippen LogP contribution in [0.5, 0.6) is 5.75 Å². The normalized spacial score (nSPS) is 12.5. The molecule has 0 aliphatic heterocycles. The number of aromatic nitrogens is 3. The molecule has 21 heavy (non-hydrogen) atoms. The van der Waals surface area contributed by atoms with E-state index >= 15 is 0 Å². The Morgan fingerprint density at radius 1 is 1.24 bits per heavy atom. The average molecular weight is 302 g/mol. The van der Waals surface area contributed by atoms with Gasteiger partial charge in [0.05, 0.1) is 30.2 Å². The van der Waals surface area contributed by atoms with Crippen LogP contribution in [0.15, 0.2) is 42.6 Å². The van der Waals surface area contributed by atoms with Gasteiger partial charge in [0.1, 0.15) is 17.1 Å². The topological polar surface area (TPSA) is 39.9 Å². The highest BCUT2D eigenvalue weighted by atomic mass is 35.5. The van der Waals surface area contributed by atoms with Crippen LogP contribution >= 0.6 is 11.6 Å². The summed E-state index contributed by atoms with van der Waals surface area (Å²) in [4.78, 5) is 9.06. The molecule has 1 aromatic carbocycles. The van der Waals surface area contributed by atoms with Gasteiger partial charge in [-0.2, -0.15) is 0 Å². The third kappa shape index (κ3) is 2.36. The van der Waals surface area contributed by atoms with Gasteiger partial charge >= 0.3 is 0 Å². The van der Waals surface area contributed by atoms with Crippen molar-refractivity contribution in [3.63, 3.8) is 0 Å². The number of ether oxygens (including phenoxy) is 1. The van der Waals surface area contributed by atoms with Crippen molar-refractivity contribution in [1.82, 2.24) is 14.5 Å². The average Bonchev–Trinajstić information content (AvgIpc) is 2.93. The number of methoxy groups -OCH3 is 1. The first-order chi connectivity index (χ1) is 10.3. The maximum absolute atomic E-state index is 6.09. The summed E-state index contributed by atoms with van der Waals surface area (Å²) in [7, 11) is 1.65. The summed E-state index contributed by atoms with van der Waals surface area (Å²) in [6.45, 7) is 2.10. The number of halogens is 1. The monoisotopic (exact) mass is 301 g/mol. The fraction of sp³-hybridized carbons (Fsp3) is 0.250. The number of imidazole rings is 1. The van der Waals surface area contributed by atoms with Crippen LogP contribution in [-0.2, 0) is 5.88 Å². The van der Waals surface area contributed by atoms with Crippen LogP contribution in [0.2, 0.25) is 0 Å². The fourth-order valence-corrected chi connectivity index (χ4v) is 2.77. The minimum Gasteiger partial charge on any atom is -0.494 e. The molecule has 0 fully saturated rings. The molecule has 0 aliphatic carbocycles. The van der Waals surface area contributed by atoms with E-state index in [9.17, 15) is 0 Å². The van der Waals surface area contributed by atoms with E-state index in [-0.39, 0.29) is 6.04 Å². The molecule has 3 aromatic rings. The Kier molecular flexibility index (Phi) is 3.80. The first-order valence-corrected chi connectivity index (χ1v) is 7.30. The lowest BCUT2D eigenvalue weighted by Crippen LogP contribution is -2.11. The number of para-hydroxylation sites is 1. The maximum atomic E-state index is 6.09. The van der Waals surface area contributed by atoms with E-state index in [2.05, 4.69) is 21.5 Å². The Morgan fingerprint density at radius 2 is 2.10 bits per heavy atom. The summed E-state index contributed by atoms with van der Waals surface area (Å²) >= 11 is 6.09. The van der Waals surface area contributed by atoms with Crippen LogP contribution in [0.1, 0.15) is 24.5 Å². The molecule has 1 atom stereocenters. The fourth-order valence-electron chi connectivity index (χ4n) is 2.59. The number of nitrogens with zero attached hydrogens (tertiary/aromatic N) is 3. The van der Waals surface area contributed by atoms with Crippen molar-refractivity contribution in [2.24, 2.45) is 0 Å². The Morgan fingerprint density at radius 3 is 2.76 bits per heavy atom. The van der Waals surface area contributed by atoms with Gasteiger partial charge in [-0.3, -0.25) is 4.98 Å². The highest BCUT2D eigenvalue weighted by molar-refractivity contribution is 6.16. The second kappa shape index (κ2) is 5.74. The van der Waals surface area contributed by atoms with Crippen LogP contribution in [0, 0.1) is 0 Å². The van der Waals surface area contributed by atoms with Gasteiger partial charge in [-0.05, 0) is 31.2 Å². The van der Waals surface area contributed by atoms with Crippen LogP contribution < -0.4 is 4.74 Å². The molecule has 0 radical (unpaired) electrons. The van der Waals surface area contributed by atoms with Gasteiger partial charge in [-0.25, -0.2) is 4.98 Å². The molecule has 2 aromatic heterocycles. The zero-order chi connectivity index (χ0) is 14.8. The molecule has 0 spiro atoms. The van der Waals surface area contributed by atoms with E-state index in [1.54, 1.807) is 13.3 Å². The number of fused-ring (bicyclic) bond motifs is 1. The number of rotatable bonds is 4. The second-order valence-electron chi connectivity index (χ2n) is 4.79. The van der Waals surface area contributed by atoms with Crippen LogP contribution in [0.25, 0.3) is 11.0 Å². The predicted octanol–water partition coefficient (Wildman–Crippen LogP) is 3.79. The number of hydrogen-bond acceptors (Lipinski definition) is 3. The molecule has 3 rings (SSSR count). The van der Waals surface area contributed by atoms with Crippen molar-refractivity contribution >= 4 is 22.6 Å². The van der Waals surface area contributed by atoms with Gasteiger partial charge in [0.2, 0.25) is 0 Å². The smallest absolute Gasteiger partial charge is 0.146 e. The quantitative estimate of drug-likeness (QED) is 0.688. The molecule has 2 heterocycles. The number of alkyl halides is 1. The van der Waals surface area contributed by atoms with Gasteiger partial charge in [0, 0.05) is 6.20 Å². The van der Waals surface area contributed by atoms with Crippen LogP contribution in [0.4, 0.5) is 0 Å². The molecule has 0 amide bonds. The minimum absolute atomic E-state index is 0.0528. The van der Waals surface area contributed by atoms with Gasteiger partial charge in [0.15, 0.2) is 0 Å². The first kappa shape index (κ1) is 13.9. The number of pyridine rings is 1. The standard InChI is InChI=1S/C16H16ClN3O/c1-11(12-6-3-4-9-18-12)20-13-7-5-8-14(21-2)16(13)19-15(20)10-17/h3-9,11H,10H2,1-2H3. The van der Waals surface area contributed by atoms with E-state index in [0.717, 1.165) is 28.3 Å². The van der Waals surface area contributed by atoms with Gasteiger partial charge in [-0.1, -0.05) is 12.1 Å². The van der Waals surface area contributed by atoms with Gasteiger partial charge in [0.25, 0.3) is 0 Å². The zero-order valence-corrected chi connectivity index (χ0v) is 12.7. The predicted molar refractivity (Wildman–Crippen MR) is 83.9 cm³/mol. The van der Waals surface area contributed by atoms with E-state index in [1.165, 1.54) is 0 Å². The van der Waals surface area contributed by atoms with Gasteiger partial charge < -0.3 is 9.30 Å². The summed E-state index contributed by atoms with van der Waals surface area (Å²) in [5, 5.41) is 0. The maximum Gasteiger partial charge on any atom is 0.146 e. The lowest BCUT2D eigenvalue weighted by Gasteiger charge is -2.16. The van der Waals surface area contributed by atoms with Crippen molar-refractivity contribution in [2.45, 2.75) is 18.8 Å². The number of hydrogen-bond donors (Lipinski definition) is 0. The molecular weight excluding hydrogens is 286 g/mol. The molecule has 4 nitrogen and oxygen atoms in total. The molecule has 0 saturated heterocycles. The summed E-state index contributed by atoms with van der Waals surface area (Å²) in [6.07, 6.45) is 1.80.